The van der Waals surface area contributed by atoms with Gasteiger partial charge < -0.3 is 21.0 Å². The Morgan fingerprint density at radius 2 is 1.00 bits per heavy atom. The van der Waals surface area contributed by atoms with Gasteiger partial charge in [-0.3, -0.25) is 4.79 Å². The molecule has 0 atom stereocenters. The van der Waals surface area contributed by atoms with E-state index in [-0.39, 0.29) is 38.0 Å². The Morgan fingerprint density at radius 3 is 1.34 bits per heavy atom. The van der Waals surface area contributed by atoms with Gasteiger partial charge in [0.25, 0.3) is 0 Å². The molecule has 0 amide bonds. The first-order valence-electron chi connectivity index (χ1n) is 14.3. The fraction of sp³-hybridized carbons (Fsp3) is 0.222. The molecule has 3 radical (unpaired) electrons. The van der Waals surface area contributed by atoms with Crippen LogP contribution in [0.5, 0.6) is 0 Å². The Morgan fingerprint density at radius 1 is 0.660 bits per heavy atom. The number of carboxylic acid groups (broad SMARTS) is 1. The van der Waals surface area contributed by atoms with Crippen LogP contribution < -0.4 is 45.7 Å². The van der Waals surface area contributed by atoms with Crippen LogP contribution in [0.1, 0.15) is 43.0 Å². The molecular formula is C36H39BN2NaO7. The van der Waals surface area contributed by atoms with Crippen LogP contribution in [-0.2, 0) is 54.6 Å². The van der Waals surface area contributed by atoms with E-state index in [2.05, 4.69) is 69.7 Å². The van der Waals surface area contributed by atoms with Gasteiger partial charge >= 0.3 is 41.5 Å². The van der Waals surface area contributed by atoms with Gasteiger partial charge in [0.05, 0.1) is 0 Å². The van der Waals surface area contributed by atoms with E-state index in [9.17, 15) is 14.4 Å². The molecule has 11 heteroatoms. The van der Waals surface area contributed by atoms with Gasteiger partial charge in [-0.25, -0.2) is 19.4 Å². The molecule has 6 rings (SSSR count). The molecule has 0 aromatic heterocycles. The molecule has 3 N–H and O–H groups in total. The average molecular weight is 646 g/mol. The summed E-state index contributed by atoms with van der Waals surface area (Å²) in [5.41, 5.74) is 12.8. The number of hydrogen-bond donors (Lipinski definition) is 2. The summed E-state index contributed by atoms with van der Waals surface area (Å²) in [4.78, 5) is 47.1. The summed E-state index contributed by atoms with van der Waals surface area (Å²) < 4.78 is 0. The fourth-order valence-corrected chi connectivity index (χ4v) is 4.39. The second-order valence-corrected chi connectivity index (χ2v) is 10.1. The second-order valence-electron chi connectivity index (χ2n) is 10.1. The summed E-state index contributed by atoms with van der Waals surface area (Å²) in [7, 11) is 0. The van der Waals surface area contributed by atoms with Crippen LogP contribution in [0.2, 0.25) is 0 Å². The van der Waals surface area contributed by atoms with Crippen LogP contribution in [0.4, 0.5) is 11.4 Å². The van der Waals surface area contributed by atoms with Gasteiger partial charge in [-0.2, -0.15) is 0 Å². The molecular weight excluding hydrogens is 606 g/mol. The molecule has 0 spiro atoms. The first-order valence-corrected chi connectivity index (χ1v) is 14.3. The number of carboxylic acids is 1. The summed E-state index contributed by atoms with van der Waals surface area (Å²) in [6.45, 7) is 3.26. The van der Waals surface area contributed by atoms with Crippen molar-refractivity contribution in [3.05, 3.63) is 131 Å². The van der Waals surface area contributed by atoms with Crippen molar-refractivity contribution in [2.75, 3.05) is 11.1 Å². The third kappa shape index (κ3) is 19.0. The number of para-hydroxylation sites is 2. The van der Waals surface area contributed by atoms with Gasteiger partial charge in [0.1, 0.15) is 5.78 Å². The predicted octanol–water partition coefficient (Wildman–Crippen LogP) is 1.30. The summed E-state index contributed by atoms with van der Waals surface area (Å²) in [6.07, 6.45) is 3.59. The Labute approximate surface area is 300 Å². The SMILES string of the molecule is CC(=O)OOC(C)=O.CC(=O)[O-].Nc1ccccc1.O=C1Cc2ccccc2C1.[B].[Na+].c1ccc(NC2Cc3ccccc3C2)cc1. The van der Waals surface area contributed by atoms with Crippen LogP contribution in [0.3, 0.4) is 0 Å². The zero-order valence-corrected chi connectivity index (χ0v) is 29.3. The minimum Gasteiger partial charge on any atom is -0.550 e. The minimum absolute atomic E-state index is 0. The van der Waals surface area contributed by atoms with Gasteiger partial charge in [-0.15, -0.1) is 0 Å². The number of aliphatic carboxylic acids is 1. The number of hydrogen-bond acceptors (Lipinski definition) is 9. The van der Waals surface area contributed by atoms with Gasteiger partial charge in [0, 0.05) is 58.5 Å². The van der Waals surface area contributed by atoms with Crippen LogP contribution in [0.15, 0.2) is 109 Å². The molecule has 0 bridgehead atoms. The summed E-state index contributed by atoms with van der Waals surface area (Å²) >= 11 is 0. The van der Waals surface area contributed by atoms with Gasteiger partial charge in [-0.1, -0.05) is 84.9 Å². The number of ketones is 1. The monoisotopic (exact) mass is 645 g/mol. The normalized spacial score (nSPS) is 11.4. The standard InChI is InChI=1S/C15H15N.C9H8O.C6H7N.C4H6O4.C2H4O2.B.Na/c1-2-8-14(9-3-1)16-15-10-12-6-4-5-7-13(12)11-15;10-9-5-7-3-1-2-4-8(7)6-9;7-6-4-2-1-3-5-6;1-3(5)7-8-4(2)6;1-2(3)4;;/h1-9,15-16H,10-11H2;1-4H,5-6H2;1-5H,7H2;1-2H3;1H3,(H,3,4);;/q;;;;;;+1/p-1. The van der Waals surface area contributed by atoms with Crippen LogP contribution >= 0.6 is 0 Å². The maximum atomic E-state index is 10.9. The molecule has 47 heavy (non-hydrogen) atoms. The fourth-order valence-electron chi connectivity index (χ4n) is 4.39. The number of carbonyl (C=O) groups excluding carboxylic acids is 4. The van der Waals surface area contributed by atoms with Crippen LogP contribution in [0, 0.1) is 0 Å². The van der Waals surface area contributed by atoms with Crippen LogP contribution in [-0.4, -0.2) is 38.1 Å². The van der Waals surface area contributed by atoms with E-state index in [1.807, 2.05) is 54.6 Å². The molecule has 4 aromatic carbocycles. The van der Waals surface area contributed by atoms with Crippen molar-refractivity contribution >= 4 is 43.5 Å². The maximum absolute atomic E-state index is 10.9. The predicted molar refractivity (Wildman–Crippen MR) is 177 cm³/mol. The van der Waals surface area contributed by atoms with E-state index in [0.717, 1.165) is 39.3 Å². The van der Waals surface area contributed by atoms with E-state index in [1.165, 1.54) is 27.9 Å². The smallest absolute Gasteiger partial charge is 0.550 e. The first kappa shape index (κ1) is 42.6. The van der Waals surface area contributed by atoms with Crippen LogP contribution in [0.25, 0.3) is 0 Å². The van der Waals surface area contributed by atoms with Crippen molar-refractivity contribution in [1.82, 2.24) is 0 Å². The van der Waals surface area contributed by atoms with E-state index in [1.54, 1.807) is 0 Å². The molecule has 4 aromatic rings. The van der Waals surface area contributed by atoms with E-state index >= 15 is 0 Å². The molecule has 239 valence electrons. The molecule has 0 saturated carbocycles. The summed E-state index contributed by atoms with van der Waals surface area (Å²) in [5.74, 6) is -2.01. The molecule has 0 fully saturated rings. The second kappa shape index (κ2) is 23.9. The minimum atomic E-state index is -1.08. The molecule has 0 heterocycles. The summed E-state index contributed by atoms with van der Waals surface area (Å²) in [5, 5.41) is 12.5. The number of rotatable bonds is 2. The molecule has 2 aliphatic carbocycles. The Balaban J connectivity index is 0.000000599. The van der Waals surface area contributed by atoms with Gasteiger partial charge in [0.15, 0.2) is 0 Å². The molecule has 0 aliphatic heterocycles. The van der Waals surface area contributed by atoms with Crippen molar-refractivity contribution in [3.8, 4) is 0 Å². The van der Waals surface area contributed by atoms with Crippen molar-refractivity contribution in [2.45, 2.75) is 52.5 Å². The van der Waals surface area contributed by atoms with Gasteiger partial charge in [-0.05, 0) is 66.3 Å². The Hall–Kier alpha value is -4.38. The molecule has 0 unspecified atom stereocenters. The number of nitrogen functional groups attached to an aromatic ring is 1. The van der Waals surface area contributed by atoms with E-state index in [0.29, 0.717) is 24.7 Å². The van der Waals surface area contributed by atoms with Crippen molar-refractivity contribution in [3.63, 3.8) is 0 Å². The largest absolute Gasteiger partial charge is 1.00 e. The number of nitrogens with two attached hydrogens (primary N) is 1. The average Bonchev–Trinajstić information content (AvgIpc) is 3.59. The molecule has 2 aliphatic rings. The third-order valence-corrected chi connectivity index (χ3v) is 6.17. The molecule has 0 saturated heterocycles. The van der Waals surface area contributed by atoms with Crippen molar-refractivity contribution < 1.29 is 63.6 Å². The Bertz CT molecular complexity index is 1450. The zero-order chi connectivity index (χ0) is 33.0. The number of benzene rings is 4. The first-order chi connectivity index (χ1) is 21.5. The van der Waals surface area contributed by atoms with E-state index in [4.69, 9.17) is 15.6 Å². The quantitative estimate of drug-likeness (QED) is 0.143. The number of Topliss-reactive ketones (excluding diaryl/α,β-unsaturated/α-hetero) is 1. The summed E-state index contributed by atoms with van der Waals surface area (Å²) in [6, 6.07) is 37.3. The topological polar surface area (TPSA) is 148 Å². The van der Waals surface area contributed by atoms with Gasteiger partial charge in [0.2, 0.25) is 0 Å². The number of nitrogens with one attached hydrogen (secondary N) is 1. The zero-order valence-electron chi connectivity index (χ0n) is 27.3. The maximum Gasteiger partial charge on any atom is 1.00 e. The number of fused-ring (bicyclic) bond motifs is 2. The molecule has 9 nitrogen and oxygen atoms in total. The van der Waals surface area contributed by atoms with Crippen molar-refractivity contribution in [1.29, 1.82) is 0 Å². The van der Waals surface area contributed by atoms with E-state index < -0.39 is 17.9 Å². The third-order valence-electron chi connectivity index (χ3n) is 6.17. The number of carbonyl (C=O) groups is 4. The number of anilines is 2. The van der Waals surface area contributed by atoms with Crippen molar-refractivity contribution in [2.24, 2.45) is 0 Å². The Kier molecular flexibility index (Phi) is 21.7.